The van der Waals surface area contributed by atoms with Gasteiger partial charge in [-0.25, -0.2) is 0 Å². The summed E-state index contributed by atoms with van der Waals surface area (Å²) in [5.41, 5.74) is 1.75. The third-order valence-corrected chi connectivity index (χ3v) is 3.72. The van der Waals surface area contributed by atoms with Gasteiger partial charge in [0.05, 0.1) is 19.1 Å². The smallest absolute Gasteiger partial charge is 0.228 e. The second-order valence-corrected chi connectivity index (χ2v) is 5.23. The zero-order valence-electron chi connectivity index (χ0n) is 11.4. The number of amides is 1. The molecule has 20 heavy (non-hydrogen) atoms. The SMILES string of the molecule is O=C(Nc1cccc(C2OCCO2)c1)[C@H]1CCCNC1. The summed E-state index contributed by atoms with van der Waals surface area (Å²) in [6.07, 6.45) is 1.71. The second-order valence-electron chi connectivity index (χ2n) is 5.23. The van der Waals surface area contributed by atoms with Crippen molar-refractivity contribution in [3.63, 3.8) is 0 Å². The highest BCUT2D eigenvalue weighted by Gasteiger charge is 2.22. The van der Waals surface area contributed by atoms with Crippen molar-refractivity contribution < 1.29 is 14.3 Å². The molecule has 2 aliphatic heterocycles. The largest absolute Gasteiger partial charge is 0.346 e. The average Bonchev–Trinajstić information content (AvgIpc) is 3.03. The molecule has 2 N–H and O–H groups in total. The molecular formula is C15H20N2O3. The van der Waals surface area contributed by atoms with E-state index in [0.29, 0.717) is 13.2 Å². The van der Waals surface area contributed by atoms with E-state index in [1.807, 2.05) is 24.3 Å². The van der Waals surface area contributed by atoms with Gasteiger partial charge in [0.1, 0.15) is 0 Å². The van der Waals surface area contributed by atoms with Crippen molar-refractivity contribution in [1.29, 1.82) is 0 Å². The Morgan fingerprint density at radius 2 is 2.15 bits per heavy atom. The maximum absolute atomic E-state index is 12.2. The number of benzene rings is 1. The molecule has 3 rings (SSSR count). The normalized spacial score (nSPS) is 23.7. The summed E-state index contributed by atoms with van der Waals surface area (Å²) < 4.78 is 10.9. The fraction of sp³-hybridized carbons (Fsp3) is 0.533. The van der Waals surface area contributed by atoms with Gasteiger partial charge < -0.3 is 20.1 Å². The molecule has 1 aromatic carbocycles. The van der Waals surface area contributed by atoms with Crippen LogP contribution in [0.15, 0.2) is 24.3 Å². The van der Waals surface area contributed by atoms with Gasteiger partial charge in [-0.1, -0.05) is 12.1 Å². The summed E-state index contributed by atoms with van der Waals surface area (Å²) in [7, 11) is 0. The van der Waals surface area contributed by atoms with Crippen molar-refractivity contribution in [1.82, 2.24) is 5.32 Å². The van der Waals surface area contributed by atoms with Crippen LogP contribution < -0.4 is 10.6 Å². The minimum absolute atomic E-state index is 0.0615. The quantitative estimate of drug-likeness (QED) is 0.881. The predicted molar refractivity (Wildman–Crippen MR) is 75.3 cm³/mol. The number of hydrogen-bond acceptors (Lipinski definition) is 4. The molecular weight excluding hydrogens is 256 g/mol. The lowest BCUT2D eigenvalue weighted by atomic mass is 9.99. The van der Waals surface area contributed by atoms with Gasteiger partial charge in [0.25, 0.3) is 0 Å². The Labute approximate surface area is 118 Å². The van der Waals surface area contributed by atoms with Crippen LogP contribution >= 0.6 is 0 Å². The molecule has 2 fully saturated rings. The van der Waals surface area contributed by atoms with Crippen LogP contribution in [0.3, 0.4) is 0 Å². The third kappa shape index (κ3) is 3.17. The first kappa shape index (κ1) is 13.5. The Bertz CT molecular complexity index is 466. The van der Waals surface area contributed by atoms with E-state index in [2.05, 4.69) is 10.6 Å². The highest BCUT2D eigenvalue weighted by Crippen LogP contribution is 2.25. The van der Waals surface area contributed by atoms with Crippen molar-refractivity contribution in [3.05, 3.63) is 29.8 Å². The zero-order valence-corrected chi connectivity index (χ0v) is 11.4. The van der Waals surface area contributed by atoms with Crippen LogP contribution in [-0.2, 0) is 14.3 Å². The number of ether oxygens (including phenoxy) is 2. The number of rotatable bonds is 3. The molecule has 108 valence electrons. The van der Waals surface area contributed by atoms with E-state index in [0.717, 1.165) is 37.2 Å². The Hall–Kier alpha value is -1.43. The van der Waals surface area contributed by atoms with Crippen molar-refractivity contribution in [2.24, 2.45) is 5.92 Å². The van der Waals surface area contributed by atoms with Gasteiger partial charge >= 0.3 is 0 Å². The maximum Gasteiger partial charge on any atom is 0.228 e. The summed E-state index contributed by atoms with van der Waals surface area (Å²) in [6, 6.07) is 7.68. The molecule has 0 radical (unpaired) electrons. The van der Waals surface area contributed by atoms with E-state index in [-0.39, 0.29) is 18.1 Å². The second kappa shape index (κ2) is 6.35. The molecule has 0 bridgehead atoms. The first-order valence-electron chi connectivity index (χ1n) is 7.18. The van der Waals surface area contributed by atoms with E-state index in [1.165, 1.54) is 0 Å². The molecule has 2 heterocycles. The van der Waals surface area contributed by atoms with Crippen LogP contribution in [0.2, 0.25) is 0 Å². The summed E-state index contributed by atoms with van der Waals surface area (Å²) in [4.78, 5) is 12.2. The predicted octanol–water partition coefficient (Wildman–Crippen LogP) is 1.67. The Kier molecular flexibility index (Phi) is 4.30. The number of carbonyl (C=O) groups is 1. The maximum atomic E-state index is 12.2. The summed E-state index contributed by atoms with van der Waals surface area (Å²) in [6.45, 7) is 3.01. The molecule has 5 nitrogen and oxygen atoms in total. The molecule has 0 saturated carbocycles. The Balaban J connectivity index is 1.64. The number of hydrogen-bond donors (Lipinski definition) is 2. The van der Waals surface area contributed by atoms with Gasteiger partial charge in [-0.15, -0.1) is 0 Å². The third-order valence-electron chi connectivity index (χ3n) is 3.72. The first-order chi connectivity index (χ1) is 9.83. The van der Waals surface area contributed by atoms with Crippen LogP contribution in [0.25, 0.3) is 0 Å². The topological polar surface area (TPSA) is 59.6 Å². The van der Waals surface area contributed by atoms with Crippen LogP contribution in [0.1, 0.15) is 24.7 Å². The van der Waals surface area contributed by atoms with E-state index in [4.69, 9.17) is 9.47 Å². The zero-order chi connectivity index (χ0) is 13.8. The molecule has 1 amide bonds. The molecule has 2 saturated heterocycles. The van der Waals surface area contributed by atoms with Gasteiger partial charge in [0.2, 0.25) is 5.91 Å². The fourth-order valence-corrected chi connectivity index (χ4v) is 2.63. The van der Waals surface area contributed by atoms with E-state index >= 15 is 0 Å². The van der Waals surface area contributed by atoms with E-state index < -0.39 is 0 Å². The fourth-order valence-electron chi connectivity index (χ4n) is 2.63. The molecule has 1 atom stereocenters. The number of carbonyl (C=O) groups excluding carboxylic acids is 1. The van der Waals surface area contributed by atoms with Crippen LogP contribution in [-0.4, -0.2) is 32.2 Å². The molecule has 0 aliphatic carbocycles. The van der Waals surface area contributed by atoms with Gasteiger partial charge in [-0.3, -0.25) is 4.79 Å². The van der Waals surface area contributed by atoms with Crippen molar-refractivity contribution >= 4 is 11.6 Å². The molecule has 5 heteroatoms. The van der Waals surface area contributed by atoms with Crippen molar-refractivity contribution in [3.8, 4) is 0 Å². The monoisotopic (exact) mass is 276 g/mol. The summed E-state index contributed by atoms with van der Waals surface area (Å²) in [5, 5.41) is 6.24. The van der Waals surface area contributed by atoms with Crippen LogP contribution in [0.4, 0.5) is 5.69 Å². The van der Waals surface area contributed by atoms with E-state index in [1.54, 1.807) is 0 Å². The minimum atomic E-state index is -0.303. The summed E-state index contributed by atoms with van der Waals surface area (Å²) in [5.74, 6) is 0.147. The number of piperidine rings is 1. The lowest BCUT2D eigenvalue weighted by molar-refractivity contribution is -0.120. The molecule has 0 spiro atoms. The van der Waals surface area contributed by atoms with Crippen molar-refractivity contribution in [2.45, 2.75) is 19.1 Å². The highest BCUT2D eigenvalue weighted by atomic mass is 16.7. The Morgan fingerprint density at radius 3 is 2.90 bits per heavy atom. The van der Waals surface area contributed by atoms with Crippen molar-refractivity contribution in [2.75, 3.05) is 31.6 Å². The van der Waals surface area contributed by atoms with Crippen LogP contribution in [0.5, 0.6) is 0 Å². The lowest BCUT2D eigenvalue weighted by Gasteiger charge is -2.22. The highest BCUT2D eigenvalue weighted by molar-refractivity contribution is 5.92. The minimum Gasteiger partial charge on any atom is -0.346 e. The standard InChI is InChI=1S/C15H20N2O3/c18-14(12-4-2-6-16-10-12)17-13-5-1-3-11(9-13)15-19-7-8-20-15/h1,3,5,9,12,15-16H,2,4,6-8,10H2,(H,17,18)/t12-/m0/s1. The number of anilines is 1. The number of nitrogens with one attached hydrogen (secondary N) is 2. The van der Waals surface area contributed by atoms with Crippen LogP contribution in [0, 0.1) is 5.92 Å². The Morgan fingerprint density at radius 1 is 1.30 bits per heavy atom. The van der Waals surface area contributed by atoms with Gasteiger partial charge in [-0.05, 0) is 31.5 Å². The molecule has 0 aromatic heterocycles. The first-order valence-corrected chi connectivity index (χ1v) is 7.18. The lowest BCUT2D eigenvalue weighted by Crippen LogP contribution is -2.37. The van der Waals surface area contributed by atoms with E-state index in [9.17, 15) is 4.79 Å². The van der Waals surface area contributed by atoms with Gasteiger partial charge in [-0.2, -0.15) is 0 Å². The summed E-state index contributed by atoms with van der Waals surface area (Å²) >= 11 is 0. The molecule has 2 aliphatic rings. The molecule has 1 aromatic rings. The van der Waals surface area contributed by atoms with Gasteiger partial charge in [0, 0.05) is 17.8 Å². The van der Waals surface area contributed by atoms with Gasteiger partial charge in [0.15, 0.2) is 6.29 Å². The average molecular weight is 276 g/mol. The molecule has 0 unspecified atom stereocenters.